The van der Waals surface area contributed by atoms with Crippen LogP contribution in [0.25, 0.3) is 0 Å². The highest BCUT2D eigenvalue weighted by Crippen LogP contribution is 2.18. The Kier molecular flexibility index (Phi) is 7.53. The van der Waals surface area contributed by atoms with Crippen LogP contribution in [-0.2, 0) is 16.6 Å². The molecule has 3 aromatic carbocycles. The summed E-state index contributed by atoms with van der Waals surface area (Å²) in [6.07, 6.45) is 0. The highest BCUT2D eigenvalue weighted by atomic mass is 32.2. The predicted molar refractivity (Wildman–Crippen MR) is 130 cm³/mol. The maximum absolute atomic E-state index is 12.6. The van der Waals surface area contributed by atoms with E-state index in [1.165, 1.54) is 6.07 Å². The van der Waals surface area contributed by atoms with Gasteiger partial charge in [0.2, 0.25) is 0 Å². The van der Waals surface area contributed by atoms with Crippen molar-refractivity contribution in [3.8, 4) is 0 Å². The highest BCUT2D eigenvalue weighted by Gasteiger charge is 2.15. The van der Waals surface area contributed by atoms with Crippen LogP contribution in [0.15, 0.2) is 77.7 Å². The number of amides is 1. The van der Waals surface area contributed by atoms with Crippen LogP contribution in [0.3, 0.4) is 0 Å². The molecule has 0 unspecified atom stereocenters. The molecule has 2 N–H and O–H groups in total. The summed E-state index contributed by atoms with van der Waals surface area (Å²) in [6, 6.07) is 21.2. The molecule has 1 amide bonds. The van der Waals surface area contributed by atoms with Crippen LogP contribution in [0.4, 0.5) is 11.4 Å². The third-order valence-corrected chi connectivity index (χ3v) is 6.62. The van der Waals surface area contributed by atoms with Crippen molar-refractivity contribution in [2.75, 3.05) is 22.7 Å². The van der Waals surface area contributed by atoms with E-state index >= 15 is 0 Å². The van der Waals surface area contributed by atoms with E-state index in [2.05, 4.69) is 40.9 Å². The molecule has 32 heavy (non-hydrogen) atoms. The van der Waals surface area contributed by atoms with Gasteiger partial charge in [0.05, 0.1) is 4.90 Å². The average Bonchev–Trinajstić information content (AvgIpc) is 2.79. The van der Waals surface area contributed by atoms with Crippen molar-refractivity contribution in [1.82, 2.24) is 5.32 Å². The van der Waals surface area contributed by atoms with Gasteiger partial charge in [-0.05, 0) is 68.8 Å². The van der Waals surface area contributed by atoms with Crippen LogP contribution < -0.4 is 14.9 Å². The summed E-state index contributed by atoms with van der Waals surface area (Å²) in [5.41, 5.74) is 3.84. The Hall–Kier alpha value is -3.32. The molecular formula is C25H29N3O3S. The van der Waals surface area contributed by atoms with Crippen LogP contribution in [0.2, 0.25) is 0 Å². The second-order valence-corrected chi connectivity index (χ2v) is 9.20. The molecule has 0 saturated carbocycles. The maximum atomic E-state index is 12.6. The SMILES string of the molecule is CCN(CC)c1ccc(CNC(=O)c2cccc(NS(=O)(=O)c3ccc(C)cc3)c2)cc1. The van der Waals surface area contributed by atoms with Crippen LogP contribution in [0.5, 0.6) is 0 Å². The fourth-order valence-corrected chi connectivity index (χ4v) is 4.40. The third-order valence-electron chi connectivity index (χ3n) is 5.23. The number of hydrogen-bond donors (Lipinski definition) is 2. The summed E-state index contributed by atoms with van der Waals surface area (Å²) in [6.45, 7) is 8.40. The van der Waals surface area contributed by atoms with Gasteiger partial charge in [0.15, 0.2) is 0 Å². The third kappa shape index (κ3) is 5.88. The zero-order valence-corrected chi connectivity index (χ0v) is 19.4. The first kappa shape index (κ1) is 23.3. The van der Waals surface area contributed by atoms with E-state index in [0.29, 0.717) is 17.8 Å². The van der Waals surface area contributed by atoms with Gasteiger partial charge in [0.1, 0.15) is 0 Å². The molecule has 0 aliphatic heterocycles. The van der Waals surface area contributed by atoms with E-state index in [0.717, 1.165) is 29.9 Å². The second kappa shape index (κ2) is 10.3. The van der Waals surface area contributed by atoms with Gasteiger partial charge in [-0.1, -0.05) is 35.9 Å². The summed E-state index contributed by atoms with van der Waals surface area (Å²) >= 11 is 0. The largest absolute Gasteiger partial charge is 0.372 e. The van der Waals surface area contributed by atoms with E-state index in [1.807, 2.05) is 19.1 Å². The standard InChI is InChI=1S/C25H29N3O3S/c1-4-28(5-2)23-13-11-20(12-14-23)18-26-25(29)21-7-6-8-22(17-21)27-32(30,31)24-15-9-19(3)10-16-24/h6-17,27H,4-5,18H2,1-3H3,(H,26,29). The number of nitrogens with zero attached hydrogens (tertiary/aromatic N) is 1. The summed E-state index contributed by atoms with van der Waals surface area (Å²) in [4.78, 5) is 15.0. The Bertz CT molecular complexity index is 1150. The maximum Gasteiger partial charge on any atom is 0.261 e. The van der Waals surface area contributed by atoms with Crippen LogP contribution in [-0.4, -0.2) is 27.4 Å². The van der Waals surface area contributed by atoms with E-state index in [4.69, 9.17) is 0 Å². The molecule has 0 radical (unpaired) electrons. The van der Waals surface area contributed by atoms with Crippen LogP contribution in [0.1, 0.15) is 35.3 Å². The Morgan fingerprint density at radius 3 is 2.19 bits per heavy atom. The molecule has 0 aliphatic rings. The van der Waals surface area contributed by atoms with Gasteiger partial charge in [0.25, 0.3) is 15.9 Å². The Labute approximate surface area is 190 Å². The smallest absolute Gasteiger partial charge is 0.261 e. The fraction of sp³-hybridized carbons (Fsp3) is 0.240. The second-order valence-electron chi connectivity index (χ2n) is 7.52. The first-order valence-electron chi connectivity index (χ1n) is 10.6. The van der Waals surface area contributed by atoms with Gasteiger partial charge in [-0.25, -0.2) is 8.42 Å². The van der Waals surface area contributed by atoms with Crippen molar-refractivity contribution < 1.29 is 13.2 Å². The number of nitrogens with one attached hydrogen (secondary N) is 2. The normalized spacial score (nSPS) is 11.1. The van der Waals surface area contributed by atoms with Crippen molar-refractivity contribution in [1.29, 1.82) is 0 Å². The first-order chi connectivity index (χ1) is 15.3. The van der Waals surface area contributed by atoms with Crippen molar-refractivity contribution in [3.63, 3.8) is 0 Å². The Morgan fingerprint density at radius 2 is 1.56 bits per heavy atom. The summed E-state index contributed by atoms with van der Waals surface area (Å²) in [5.74, 6) is -0.269. The molecule has 0 aromatic heterocycles. The van der Waals surface area contributed by atoms with Crippen molar-refractivity contribution >= 4 is 27.3 Å². The molecule has 0 atom stereocenters. The molecule has 0 spiro atoms. The van der Waals surface area contributed by atoms with Gasteiger partial charge in [0, 0.05) is 36.6 Å². The molecule has 0 heterocycles. The van der Waals surface area contributed by atoms with Crippen molar-refractivity contribution in [2.45, 2.75) is 32.2 Å². The zero-order valence-electron chi connectivity index (χ0n) is 18.6. The van der Waals surface area contributed by atoms with E-state index in [1.54, 1.807) is 42.5 Å². The van der Waals surface area contributed by atoms with Crippen molar-refractivity contribution in [3.05, 3.63) is 89.5 Å². The molecule has 3 rings (SSSR count). The molecule has 168 valence electrons. The highest BCUT2D eigenvalue weighted by molar-refractivity contribution is 7.92. The monoisotopic (exact) mass is 451 g/mol. The average molecular weight is 452 g/mol. The van der Waals surface area contributed by atoms with Gasteiger partial charge >= 0.3 is 0 Å². The summed E-state index contributed by atoms with van der Waals surface area (Å²) < 4.78 is 27.8. The lowest BCUT2D eigenvalue weighted by atomic mass is 10.1. The molecule has 0 saturated heterocycles. The topological polar surface area (TPSA) is 78.5 Å². The van der Waals surface area contributed by atoms with E-state index in [9.17, 15) is 13.2 Å². The number of carbonyl (C=O) groups is 1. The molecule has 0 aliphatic carbocycles. The molecule has 0 fully saturated rings. The number of anilines is 2. The minimum atomic E-state index is -3.73. The predicted octanol–water partition coefficient (Wildman–Crippen LogP) is 4.57. The van der Waals surface area contributed by atoms with Gasteiger partial charge in [-0.3, -0.25) is 9.52 Å². The molecular weight excluding hydrogens is 422 g/mol. The fourth-order valence-electron chi connectivity index (χ4n) is 3.35. The zero-order chi connectivity index (χ0) is 23.1. The summed E-state index contributed by atoms with van der Waals surface area (Å²) in [7, 11) is -3.73. The van der Waals surface area contributed by atoms with Gasteiger partial charge in [-0.15, -0.1) is 0 Å². The lowest BCUT2D eigenvalue weighted by molar-refractivity contribution is 0.0951. The Morgan fingerprint density at radius 1 is 0.906 bits per heavy atom. The quantitative estimate of drug-likeness (QED) is 0.499. The molecule has 7 heteroatoms. The Balaban J connectivity index is 1.64. The minimum absolute atomic E-state index is 0.172. The number of hydrogen-bond acceptors (Lipinski definition) is 4. The minimum Gasteiger partial charge on any atom is -0.372 e. The number of sulfonamides is 1. The lowest BCUT2D eigenvalue weighted by Gasteiger charge is -2.21. The van der Waals surface area contributed by atoms with Gasteiger partial charge in [-0.2, -0.15) is 0 Å². The number of carbonyl (C=O) groups excluding carboxylic acids is 1. The molecule has 0 bridgehead atoms. The number of benzene rings is 3. The lowest BCUT2D eigenvalue weighted by Crippen LogP contribution is -2.23. The molecule has 3 aromatic rings. The number of aryl methyl sites for hydroxylation is 1. The van der Waals surface area contributed by atoms with Crippen LogP contribution in [0, 0.1) is 6.92 Å². The van der Waals surface area contributed by atoms with E-state index in [-0.39, 0.29) is 10.8 Å². The summed E-state index contributed by atoms with van der Waals surface area (Å²) in [5, 5.41) is 2.89. The van der Waals surface area contributed by atoms with Crippen molar-refractivity contribution in [2.24, 2.45) is 0 Å². The van der Waals surface area contributed by atoms with Crippen LogP contribution >= 0.6 is 0 Å². The first-order valence-corrected chi connectivity index (χ1v) is 12.1. The number of rotatable bonds is 9. The van der Waals surface area contributed by atoms with E-state index < -0.39 is 10.0 Å². The van der Waals surface area contributed by atoms with Gasteiger partial charge < -0.3 is 10.2 Å². The molecule has 6 nitrogen and oxygen atoms in total.